The lowest BCUT2D eigenvalue weighted by atomic mass is 10.0. The molecule has 0 atom stereocenters. The topological polar surface area (TPSA) is 4.93 Å². The summed E-state index contributed by atoms with van der Waals surface area (Å²) in [7, 11) is 0. The monoisotopic (exact) mass is 475 g/mol. The normalized spacial score (nSPS) is 11.9. The molecule has 2 aromatic heterocycles. The Balaban J connectivity index is 1.53. The number of nitrogens with zero attached hydrogens (tertiary/aromatic N) is 1. The van der Waals surface area contributed by atoms with E-state index in [-0.39, 0.29) is 0 Å². The van der Waals surface area contributed by atoms with Crippen molar-refractivity contribution in [3.63, 3.8) is 0 Å². The first-order valence-corrected chi connectivity index (χ1v) is 13.1. The quantitative estimate of drug-likeness (QED) is 0.234. The highest BCUT2D eigenvalue weighted by atomic mass is 32.1. The zero-order chi connectivity index (χ0) is 23.6. The SMILES string of the molecule is c1ccc(-c2ccc(-n3c4ccccc4c4ccc5ccc6sc7ccccc7c6c5c43)cc2)cc1. The minimum atomic E-state index is 1.19. The molecule has 0 fully saturated rings. The molecule has 0 saturated heterocycles. The number of aromatic nitrogens is 1. The average molecular weight is 476 g/mol. The molecule has 6 aromatic carbocycles. The molecule has 168 valence electrons. The van der Waals surface area contributed by atoms with Crippen molar-refractivity contribution in [3.05, 3.63) is 127 Å². The summed E-state index contributed by atoms with van der Waals surface area (Å²) >= 11 is 1.88. The lowest BCUT2D eigenvalue weighted by Gasteiger charge is -2.12. The van der Waals surface area contributed by atoms with Crippen LogP contribution in [0.3, 0.4) is 0 Å². The van der Waals surface area contributed by atoms with E-state index in [4.69, 9.17) is 0 Å². The number of hydrogen-bond acceptors (Lipinski definition) is 1. The summed E-state index contributed by atoms with van der Waals surface area (Å²) in [4.78, 5) is 0. The summed E-state index contributed by atoms with van der Waals surface area (Å²) in [6.45, 7) is 0. The third kappa shape index (κ3) is 2.76. The minimum absolute atomic E-state index is 1.19. The second-order valence-electron chi connectivity index (χ2n) is 9.36. The molecule has 8 rings (SSSR count). The first kappa shape index (κ1) is 19.9. The maximum atomic E-state index is 2.47. The summed E-state index contributed by atoms with van der Waals surface area (Å²) in [6, 6.07) is 46.4. The van der Waals surface area contributed by atoms with E-state index in [1.54, 1.807) is 0 Å². The molecule has 0 radical (unpaired) electrons. The average Bonchev–Trinajstić information content (AvgIpc) is 3.49. The zero-order valence-electron chi connectivity index (χ0n) is 19.5. The zero-order valence-corrected chi connectivity index (χ0v) is 20.3. The van der Waals surface area contributed by atoms with Crippen molar-refractivity contribution < 1.29 is 0 Å². The molecule has 0 spiro atoms. The summed E-state index contributed by atoms with van der Waals surface area (Å²) in [5.41, 5.74) is 6.18. The van der Waals surface area contributed by atoms with Gasteiger partial charge >= 0.3 is 0 Å². The lowest BCUT2D eigenvalue weighted by molar-refractivity contribution is 1.19. The van der Waals surface area contributed by atoms with Crippen molar-refractivity contribution >= 4 is 64.1 Å². The molecule has 0 amide bonds. The van der Waals surface area contributed by atoms with Crippen LogP contribution in [0.1, 0.15) is 0 Å². The van der Waals surface area contributed by atoms with Crippen molar-refractivity contribution in [3.8, 4) is 16.8 Å². The molecule has 2 heterocycles. The van der Waals surface area contributed by atoms with Gasteiger partial charge in [0.1, 0.15) is 0 Å². The Labute approximate surface area is 212 Å². The summed E-state index contributed by atoms with van der Waals surface area (Å²) < 4.78 is 5.15. The predicted octanol–water partition coefficient (Wildman–Crippen LogP) is 9.97. The number of hydrogen-bond donors (Lipinski definition) is 0. The Morgan fingerprint density at radius 1 is 0.444 bits per heavy atom. The van der Waals surface area contributed by atoms with Crippen LogP contribution in [0.5, 0.6) is 0 Å². The minimum Gasteiger partial charge on any atom is -0.309 e. The van der Waals surface area contributed by atoms with Crippen molar-refractivity contribution in [2.75, 3.05) is 0 Å². The maximum Gasteiger partial charge on any atom is 0.0626 e. The first-order chi connectivity index (χ1) is 17.9. The van der Waals surface area contributed by atoms with Crippen LogP contribution in [0.15, 0.2) is 127 Å². The van der Waals surface area contributed by atoms with Gasteiger partial charge in [-0.25, -0.2) is 0 Å². The number of thiophene rings is 1. The molecule has 0 aliphatic carbocycles. The van der Waals surface area contributed by atoms with Gasteiger partial charge in [-0.05, 0) is 46.8 Å². The van der Waals surface area contributed by atoms with Crippen molar-refractivity contribution in [2.24, 2.45) is 0 Å². The Kier molecular flexibility index (Phi) is 4.16. The number of rotatable bonds is 2. The third-order valence-corrected chi connectivity index (χ3v) is 8.52. The molecule has 0 bridgehead atoms. The van der Waals surface area contributed by atoms with Gasteiger partial charge in [0.05, 0.1) is 11.0 Å². The van der Waals surface area contributed by atoms with Crippen molar-refractivity contribution in [1.29, 1.82) is 0 Å². The smallest absolute Gasteiger partial charge is 0.0626 e. The van der Waals surface area contributed by atoms with Crippen LogP contribution in [0.4, 0.5) is 0 Å². The number of fused-ring (bicyclic) bond motifs is 9. The fraction of sp³-hybridized carbons (Fsp3) is 0. The highest BCUT2D eigenvalue weighted by Gasteiger charge is 2.18. The van der Waals surface area contributed by atoms with Crippen LogP contribution in [-0.2, 0) is 0 Å². The first-order valence-electron chi connectivity index (χ1n) is 12.3. The Morgan fingerprint density at radius 2 is 1.14 bits per heavy atom. The van der Waals surface area contributed by atoms with Crippen LogP contribution in [-0.4, -0.2) is 4.57 Å². The van der Waals surface area contributed by atoms with Crippen molar-refractivity contribution in [2.45, 2.75) is 0 Å². The summed E-state index contributed by atoms with van der Waals surface area (Å²) in [5, 5.41) is 7.91. The molecule has 8 aromatic rings. The summed E-state index contributed by atoms with van der Waals surface area (Å²) in [5.74, 6) is 0. The van der Waals surface area contributed by atoms with Gasteiger partial charge in [0.2, 0.25) is 0 Å². The second kappa shape index (κ2) is 7.55. The molecule has 0 aliphatic heterocycles. The van der Waals surface area contributed by atoms with Crippen LogP contribution in [0.25, 0.3) is 69.6 Å². The molecule has 1 nitrogen and oxygen atoms in total. The molecular formula is C34H21NS. The van der Waals surface area contributed by atoms with Gasteiger partial charge in [-0.3, -0.25) is 0 Å². The standard InChI is InChI=1S/C34H21NS/c1-2-8-22(9-3-1)23-14-18-25(19-15-23)35-29-12-6-4-10-26(29)27-20-16-24-17-21-31-33(32(24)34(27)35)28-11-5-7-13-30(28)36-31/h1-21H. The van der Waals surface area contributed by atoms with Crippen LogP contribution in [0.2, 0.25) is 0 Å². The molecule has 0 N–H and O–H groups in total. The Bertz CT molecular complexity index is 2080. The molecule has 2 heteroatoms. The van der Waals surface area contributed by atoms with Gasteiger partial charge in [-0.2, -0.15) is 0 Å². The van der Waals surface area contributed by atoms with E-state index in [0.717, 1.165) is 0 Å². The molecule has 0 unspecified atom stereocenters. The largest absolute Gasteiger partial charge is 0.309 e. The Hall–Kier alpha value is -4.40. The van der Waals surface area contributed by atoms with Gasteiger partial charge in [0.25, 0.3) is 0 Å². The highest BCUT2D eigenvalue weighted by molar-refractivity contribution is 7.26. The summed E-state index contributed by atoms with van der Waals surface area (Å²) in [6.07, 6.45) is 0. The Morgan fingerprint density at radius 3 is 2.00 bits per heavy atom. The van der Waals surface area contributed by atoms with E-state index in [0.29, 0.717) is 0 Å². The van der Waals surface area contributed by atoms with E-state index in [2.05, 4.69) is 132 Å². The maximum absolute atomic E-state index is 2.47. The third-order valence-electron chi connectivity index (χ3n) is 7.39. The highest BCUT2D eigenvalue weighted by Crippen LogP contribution is 2.44. The van der Waals surface area contributed by atoms with Crippen LogP contribution < -0.4 is 0 Å². The molecular weight excluding hydrogens is 454 g/mol. The predicted molar refractivity (Wildman–Crippen MR) is 157 cm³/mol. The van der Waals surface area contributed by atoms with Crippen molar-refractivity contribution in [1.82, 2.24) is 4.57 Å². The molecule has 0 aliphatic rings. The van der Waals surface area contributed by atoms with Crippen LogP contribution >= 0.6 is 11.3 Å². The van der Waals surface area contributed by atoms with E-state index in [1.165, 1.54) is 69.6 Å². The fourth-order valence-corrected chi connectivity index (χ4v) is 6.90. The van der Waals surface area contributed by atoms with Gasteiger partial charge in [0.15, 0.2) is 0 Å². The van der Waals surface area contributed by atoms with Gasteiger partial charge in [-0.1, -0.05) is 97.1 Å². The molecule has 36 heavy (non-hydrogen) atoms. The van der Waals surface area contributed by atoms with Crippen LogP contribution in [0, 0.1) is 0 Å². The van der Waals surface area contributed by atoms with Gasteiger partial charge < -0.3 is 4.57 Å². The second-order valence-corrected chi connectivity index (χ2v) is 10.4. The van der Waals surface area contributed by atoms with E-state index in [9.17, 15) is 0 Å². The number of para-hydroxylation sites is 1. The molecule has 0 saturated carbocycles. The fourth-order valence-electron chi connectivity index (χ4n) is 5.78. The lowest BCUT2D eigenvalue weighted by Crippen LogP contribution is -1.94. The van der Waals surface area contributed by atoms with E-state index >= 15 is 0 Å². The van der Waals surface area contributed by atoms with E-state index in [1.807, 2.05) is 11.3 Å². The van der Waals surface area contributed by atoms with E-state index < -0.39 is 0 Å². The van der Waals surface area contributed by atoms with Gasteiger partial charge in [-0.15, -0.1) is 11.3 Å². The number of benzene rings is 6. The van der Waals surface area contributed by atoms with Gasteiger partial charge in [0, 0.05) is 42.0 Å².